The zero-order valence-corrected chi connectivity index (χ0v) is 22.5. The number of nitrogens with one attached hydrogen (secondary N) is 1. The lowest BCUT2D eigenvalue weighted by molar-refractivity contribution is -0.142. The predicted octanol–water partition coefficient (Wildman–Crippen LogP) is 1.01. The smallest absolute Gasteiger partial charge is 0.261 e. The molecule has 1 aliphatic heterocycles. The molecule has 11 nitrogen and oxygen atoms in total. The van der Waals surface area contributed by atoms with Crippen LogP contribution in [0.15, 0.2) is 53.4 Å². The number of nitrogens with zero attached hydrogens (tertiary/aromatic N) is 2. The Kier molecular flexibility index (Phi) is 10.9. The number of sulfonamides is 1. The summed E-state index contributed by atoms with van der Waals surface area (Å²) in [6, 6.07) is 12.2. The summed E-state index contributed by atoms with van der Waals surface area (Å²) in [6.45, 7) is 2.99. The lowest BCUT2D eigenvalue weighted by atomic mass is 10.1. The average molecular weight is 550 g/mol. The first-order chi connectivity index (χ1) is 18.3. The van der Waals surface area contributed by atoms with Crippen LogP contribution in [0.25, 0.3) is 0 Å². The fraction of sp³-hybridized carbons (Fsp3) is 0.462. The van der Waals surface area contributed by atoms with Crippen LogP contribution in [0.5, 0.6) is 11.5 Å². The number of ether oxygens (including phenoxy) is 3. The van der Waals surface area contributed by atoms with Crippen molar-refractivity contribution >= 4 is 21.8 Å². The maximum Gasteiger partial charge on any atom is 0.261 e. The van der Waals surface area contributed by atoms with Gasteiger partial charge in [0.25, 0.3) is 5.91 Å². The van der Waals surface area contributed by atoms with Crippen molar-refractivity contribution in [2.45, 2.75) is 30.8 Å². The monoisotopic (exact) mass is 549 g/mol. The van der Waals surface area contributed by atoms with Crippen molar-refractivity contribution in [1.29, 1.82) is 0 Å². The summed E-state index contributed by atoms with van der Waals surface area (Å²) >= 11 is 0. The number of aliphatic hydroxyl groups excluding tert-OH is 1. The van der Waals surface area contributed by atoms with Crippen LogP contribution in [0.1, 0.15) is 18.9 Å². The molecule has 0 spiro atoms. The van der Waals surface area contributed by atoms with E-state index >= 15 is 0 Å². The van der Waals surface area contributed by atoms with Gasteiger partial charge in [-0.2, -0.15) is 4.31 Å². The number of rotatable bonds is 13. The minimum absolute atomic E-state index is 0.0521. The molecule has 1 heterocycles. The van der Waals surface area contributed by atoms with Crippen LogP contribution < -0.4 is 14.8 Å². The van der Waals surface area contributed by atoms with Gasteiger partial charge >= 0.3 is 0 Å². The molecule has 0 aromatic heterocycles. The fourth-order valence-electron chi connectivity index (χ4n) is 3.82. The molecule has 1 fully saturated rings. The van der Waals surface area contributed by atoms with Crippen molar-refractivity contribution in [2.75, 3.05) is 53.2 Å². The van der Waals surface area contributed by atoms with E-state index in [4.69, 9.17) is 19.3 Å². The van der Waals surface area contributed by atoms with Crippen LogP contribution >= 0.6 is 0 Å². The number of amides is 2. The van der Waals surface area contributed by atoms with Crippen LogP contribution in [0.4, 0.5) is 0 Å². The zero-order chi connectivity index (χ0) is 27.5. The average Bonchev–Trinajstić information content (AvgIpc) is 2.95. The van der Waals surface area contributed by atoms with Gasteiger partial charge in [0.2, 0.25) is 15.9 Å². The lowest BCUT2D eigenvalue weighted by Gasteiger charge is -2.29. The first-order valence-corrected chi connectivity index (χ1v) is 13.8. The van der Waals surface area contributed by atoms with E-state index in [0.717, 1.165) is 5.56 Å². The molecular weight excluding hydrogens is 514 g/mol. The number of aliphatic hydroxyl groups is 1. The van der Waals surface area contributed by atoms with E-state index in [1.807, 2.05) is 12.1 Å². The highest BCUT2D eigenvalue weighted by molar-refractivity contribution is 7.89. The zero-order valence-electron chi connectivity index (χ0n) is 21.7. The van der Waals surface area contributed by atoms with Crippen LogP contribution in [0, 0.1) is 0 Å². The molecule has 0 radical (unpaired) electrons. The third-order valence-electron chi connectivity index (χ3n) is 6.11. The maximum absolute atomic E-state index is 13.2. The van der Waals surface area contributed by atoms with Gasteiger partial charge in [-0.15, -0.1) is 0 Å². The fourth-order valence-corrected chi connectivity index (χ4v) is 5.23. The highest BCUT2D eigenvalue weighted by atomic mass is 32.2. The summed E-state index contributed by atoms with van der Waals surface area (Å²) in [7, 11) is -2.08. The normalized spacial score (nSPS) is 14.9. The van der Waals surface area contributed by atoms with E-state index in [-0.39, 0.29) is 30.6 Å². The van der Waals surface area contributed by atoms with Gasteiger partial charge in [-0.1, -0.05) is 12.1 Å². The Balaban J connectivity index is 1.67. The molecule has 3 rings (SSSR count). The number of benzene rings is 2. The number of morpholine rings is 1. The van der Waals surface area contributed by atoms with Gasteiger partial charge < -0.3 is 29.5 Å². The molecule has 12 heteroatoms. The topological polar surface area (TPSA) is 135 Å². The number of carbonyl (C=O) groups excluding carboxylic acids is 2. The Labute approximate surface area is 223 Å². The summed E-state index contributed by atoms with van der Waals surface area (Å²) in [6.07, 6.45) is 0.408. The first kappa shape index (κ1) is 29.4. The van der Waals surface area contributed by atoms with E-state index < -0.39 is 22.0 Å². The quantitative estimate of drug-likeness (QED) is 0.354. The van der Waals surface area contributed by atoms with E-state index in [1.54, 1.807) is 26.2 Å². The lowest BCUT2D eigenvalue weighted by Crippen LogP contribution is -2.49. The van der Waals surface area contributed by atoms with Crippen LogP contribution in [0.3, 0.4) is 0 Å². The van der Waals surface area contributed by atoms with Crippen LogP contribution in [0.2, 0.25) is 0 Å². The Morgan fingerprint density at radius 3 is 2.32 bits per heavy atom. The number of hydrogen-bond acceptors (Lipinski definition) is 8. The Hall–Kier alpha value is -3.19. The molecule has 0 aliphatic carbocycles. The van der Waals surface area contributed by atoms with E-state index in [1.165, 1.54) is 33.5 Å². The minimum Gasteiger partial charge on any atom is -0.497 e. The summed E-state index contributed by atoms with van der Waals surface area (Å²) in [4.78, 5) is 27.4. The van der Waals surface area contributed by atoms with Gasteiger partial charge in [-0.3, -0.25) is 9.59 Å². The molecule has 0 bridgehead atoms. The molecule has 0 saturated carbocycles. The van der Waals surface area contributed by atoms with Gasteiger partial charge in [0.1, 0.15) is 17.5 Å². The van der Waals surface area contributed by atoms with Gasteiger partial charge in [0.15, 0.2) is 6.61 Å². The highest BCUT2D eigenvalue weighted by Crippen LogP contribution is 2.21. The second kappa shape index (κ2) is 14.1. The molecule has 208 valence electrons. The highest BCUT2D eigenvalue weighted by Gasteiger charge is 2.28. The standard InChI is InChI=1S/C26H35N3O8S/c1-20(26(32)27-12-3-15-30)29(18-21-4-6-22(35-2)7-5-21)25(31)19-37-23-8-10-24(11-9-23)38(33,34)28-13-16-36-17-14-28/h4-11,20,30H,3,12-19H2,1-2H3,(H,27,32)/t20-/m1/s1. The van der Waals surface area contributed by atoms with Gasteiger partial charge in [0.05, 0.1) is 25.2 Å². The molecule has 2 N–H and O–H groups in total. The molecule has 38 heavy (non-hydrogen) atoms. The summed E-state index contributed by atoms with van der Waals surface area (Å²) in [5.74, 6) is 0.223. The third-order valence-corrected chi connectivity index (χ3v) is 8.02. The number of methoxy groups -OCH3 is 1. The van der Waals surface area contributed by atoms with Gasteiger partial charge in [-0.05, 0) is 55.3 Å². The second-order valence-corrected chi connectivity index (χ2v) is 10.6. The third kappa shape index (κ3) is 7.90. The minimum atomic E-state index is -3.64. The van der Waals surface area contributed by atoms with E-state index in [9.17, 15) is 18.0 Å². The molecule has 2 aromatic rings. The Morgan fingerprint density at radius 2 is 1.71 bits per heavy atom. The molecule has 1 saturated heterocycles. The summed E-state index contributed by atoms with van der Waals surface area (Å²) < 4.78 is 43.1. The SMILES string of the molecule is COc1ccc(CN(C(=O)COc2ccc(S(=O)(=O)N3CCOCC3)cc2)[C@H](C)C(=O)NCCCO)cc1. The maximum atomic E-state index is 13.2. The second-order valence-electron chi connectivity index (χ2n) is 8.69. The Bertz CT molecular complexity index is 1150. The van der Waals surface area contributed by atoms with Gasteiger partial charge in [-0.25, -0.2) is 8.42 Å². The van der Waals surface area contributed by atoms with Crippen molar-refractivity contribution in [3.63, 3.8) is 0 Å². The number of carbonyl (C=O) groups is 2. The van der Waals surface area contributed by atoms with Crippen LogP contribution in [-0.2, 0) is 30.9 Å². The molecule has 1 aliphatic rings. The molecule has 2 aromatic carbocycles. The molecule has 1 atom stereocenters. The van der Waals surface area contributed by atoms with Crippen molar-refractivity contribution in [1.82, 2.24) is 14.5 Å². The largest absolute Gasteiger partial charge is 0.497 e. The van der Waals surface area contributed by atoms with Crippen molar-refractivity contribution in [3.05, 3.63) is 54.1 Å². The molecular formula is C26H35N3O8S. The molecule has 0 unspecified atom stereocenters. The summed E-state index contributed by atoms with van der Waals surface area (Å²) in [5.41, 5.74) is 0.798. The first-order valence-electron chi connectivity index (χ1n) is 12.4. The van der Waals surface area contributed by atoms with Crippen molar-refractivity contribution in [2.24, 2.45) is 0 Å². The predicted molar refractivity (Wildman–Crippen MR) is 139 cm³/mol. The Morgan fingerprint density at radius 1 is 1.08 bits per heavy atom. The van der Waals surface area contributed by atoms with Crippen molar-refractivity contribution in [3.8, 4) is 11.5 Å². The van der Waals surface area contributed by atoms with Crippen LogP contribution in [-0.4, -0.2) is 93.8 Å². The van der Waals surface area contributed by atoms with Crippen molar-refractivity contribution < 1.29 is 37.3 Å². The van der Waals surface area contributed by atoms with Gasteiger partial charge in [0, 0.05) is 32.8 Å². The van der Waals surface area contributed by atoms with E-state index in [0.29, 0.717) is 50.8 Å². The summed E-state index contributed by atoms with van der Waals surface area (Å²) in [5, 5.41) is 11.7. The number of hydrogen-bond donors (Lipinski definition) is 2. The van der Waals surface area contributed by atoms with E-state index in [2.05, 4.69) is 5.32 Å². The molecule has 2 amide bonds.